The molecule has 0 amide bonds. The molecule has 0 radical (unpaired) electrons. The Kier molecular flexibility index (Phi) is 7.03. The van der Waals surface area contributed by atoms with E-state index in [9.17, 15) is 0 Å². The van der Waals surface area contributed by atoms with Crippen LogP contribution in [0.25, 0.3) is 0 Å². The predicted octanol–water partition coefficient (Wildman–Crippen LogP) is 3.40. The molecule has 6 nitrogen and oxygen atoms in total. The van der Waals surface area contributed by atoms with Gasteiger partial charge in [-0.3, -0.25) is 0 Å². The Hall–Kier alpha value is -2.41. The lowest BCUT2D eigenvalue weighted by atomic mass is 10.1. The molecule has 7 heteroatoms. The van der Waals surface area contributed by atoms with Crippen LogP contribution in [-0.2, 0) is 6.54 Å². The first kappa shape index (κ1) is 20.3. The smallest absolute Gasteiger partial charge is 0.188 e. The van der Waals surface area contributed by atoms with Gasteiger partial charge in [0.25, 0.3) is 0 Å². The molecule has 1 aliphatic rings. The number of aliphatic imine (C=N–C) groups is 1. The summed E-state index contributed by atoms with van der Waals surface area (Å²) in [7, 11) is 3.25. The van der Waals surface area contributed by atoms with Gasteiger partial charge in [-0.05, 0) is 54.3 Å². The predicted molar refractivity (Wildman–Crippen MR) is 117 cm³/mol. The van der Waals surface area contributed by atoms with Gasteiger partial charge in [0.05, 0.1) is 20.8 Å². The average Bonchev–Trinajstić information content (AvgIpc) is 3.20. The summed E-state index contributed by atoms with van der Waals surface area (Å²) < 4.78 is 11.7. The number of rotatable bonds is 7. The van der Waals surface area contributed by atoms with Crippen LogP contribution in [0.4, 0.5) is 5.69 Å². The van der Waals surface area contributed by atoms with Crippen LogP contribution in [0.3, 0.4) is 0 Å². The second-order valence-electron chi connectivity index (χ2n) is 6.85. The Bertz CT molecular complexity index is 811. The summed E-state index contributed by atoms with van der Waals surface area (Å²) in [6.07, 6.45) is 1.14. The third kappa shape index (κ3) is 5.32. The standard InChI is InChI=1S/C21H27BrN4O2/c1-27-19-8-3-15(11-20(19)28-2)12-24-21(23)25-13-16-9-10-26(14-16)18-6-4-17(22)5-7-18/h3-8,11,16H,9-10,12-14H2,1-2H3,(H3,23,24,25). The molecule has 3 N–H and O–H groups in total. The van der Waals surface area contributed by atoms with Gasteiger partial charge in [0, 0.05) is 29.8 Å². The third-order valence-electron chi connectivity index (χ3n) is 4.93. The number of methoxy groups -OCH3 is 2. The lowest BCUT2D eigenvalue weighted by molar-refractivity contribution is 0.354. The SMILES string of the molecule is COc1ccc(CN=C(N)NCC2CCN(c3ccc(Br)cc3)C2)cc1OC. The Morgan fingerprint density at radius 2 is 1.93 bits per heavy atom. The molecule has 28 heavy (non-hydrogen) atoms. The van der Waals surface area contributed by atoms with E-state index in [1.54, 1.807) is 14.2 Å². The molecule has 1 saturated heterocycles. The van der Waals surface area contributed by atoms with Crippen molar-refractivity contribution < 1.29 is 9.47 Å². The molecule has 1 fully saturated rings. The lowest BCUT2D eigenvalue weighted by Crippen LogP contribution is -2.36. The van der Waals surface area contributed by atoms with Gasteiger partial charge in [0.1, 0.15) is 0 Å². The first-order valence-electron chi connectivity index (χ1n) is 9.34. The highest BCUT2D eigenvalue weighted by Gasteiger charge is 2.22. The van der Waals surface area contributed by atoms with Gasteiger partial charge in [-0.15, -0.1) is 0 Å². The zero-order valence-electron chi connectivity index (χ0n) is 16.3. The van der Waals surface area contributed by atoms with Gasteiger partial charge in [0.15, 0.2) is 17.5 Å². The molecule has 0 spiro atoms. The van der Waals surface area contributed by atoms with Crippen LogP contribution in [0.2, 0.25) is 0 Å². The number of anilines is 1. The average molecular weight is 447 g/mol. The molecule has 0 aromatic heterocycles. The van der Waals surface area contributed by atoms with E-state index in [1.165, 1.54) is 5.69 Å². The minimum Gasteiger partial charge on any atom is -0.493 e. The fraction of sp³-hybridized carbons (Fsp3) is 0.381. The molecule has 3 rings (SSSR count). The quantitative estimate of drug-likeness (QED) is 0.503. The third-order valence-corrected chi connectivity index (χ3v) is 5.46. The van der Waals surface area contributed by atoms with Crippen LogP contribution in [0.1, 0.15) is 12.0 Å². The molecular formula is C21H27BrN4O2. The van der Waals surface area contributed by atoms with Gasteiger partial charge in [-0.25, -0.2) is 4.99 Å². The Morgan fingerprint density at radius 1 is 1.18 bits per heavy atom. The highest BCUT2D eigenvalue weighted by molar-refractivity contribution is 9.10. The minimum absolute atomic E-state index is 0.469. The van der Waals surface area contributed by atoms with Gasteiger partial charge >= 0.3 is 0 Å². The van der Waals surface area contributed by atoms with Crippen molar-refractivity contribution in [2.24, 2.45) is 16.6 Å². The van der Waals surface area contributed by atoms with Crippen molar-refractivity contribution in [3.63, 3.8) is 0 Å². The molecule has 0 saturated carbocycles. The van der Waals surface area contributed by atoms with Crippen molar-refractivity contribution in [1.82, 2.24) is 5.32 Å². The maximum atomic E-state index is 6.05. The van der Waals surface area contributed by atoms with Crippen LogP contribution in [0.5, 0.6) is 11.5 Å². The number of benzene rings is 2. The van der Waals surface area contributed by atoms with Gasteiger partial charge in [-0.1, -0.05) is 22.0 Å². The molecule has 2 aromatic rings. The van der Waals surface area contributed by atoms with E-state index in [1.807, 2.05) is 18.2 Å². The Morgan fingerprint density at radius 3 is 2.64 bits per heavy atom. The second-order valence-corrected chi connectivity index (χ2v) is 7.76. The zero-order valence-corrected chi connectivity index (χ0v) is 17.9. The van der Waals surface area contributed by atoms with Crippen LogP contribution in [0, 0.1) is 5.92 Å². The highest BCUT2D eigenvalue weighted by Crippen LogP contribution is 2.28. The van der Waals surface area contributed by atoms with E-state index in [2.05, 4.69) is 55.4 Å². The molecule has 0 bridgehead atoms. The zero-order chi connectivity index (χ0) is 19.9. The molecule has 1 heterocycles. The largest absolute Gasteiger partial charge is 0.493 e. The Labute approximate surface area is 174 Å². The number of hydrogen-bond donors (Lipinski definition) is 2. The summed E-state index contributed by atoms with van der Waals surface area (Å²) in [6, 6.07) is 14.2. The van der Waals surface area contributed by atoms with E-state index in [4.69, 9.17) is 15.2 Å². The molecule has 1 unspecified atom stereocenters. The number of halogens is 1. The molecule has 150 valence electrons. The van der Waals surface area contributed by atoms with Crippen molar-refractivity contribution >= 4 is 27.6 Å². The molecule has 2 aromatic carbocycles. The van der Waals surface area contributed by atoms with Crippen molar-refractivity contribution in [2.45, 2.75) is 13.0 Å². The normalized spacial score (nSPS) is 16.9. The van der Waals surface area contributed by atoms with Crippen LogP contribution < -0.4 is 25.4 Å². The lowest BCUT2D eigenvalue weighted by Gasteiger charge is -2.19. The summed E-state index contributed by atoms with van der Waals surface area (Å²) in [5, 5.41) is 3.26. The summed E-state index contributed by atoms with van der Waals surface area (Å²) in [6.45, 7) is 3.41. The molecule has 1 atom stereocenters. The van der Waals surface area contributed by atoms with E-state index in [-0.39, 0.29) is 0 Å². The number of ether oxygens (including phenoxy) is 2. The number of nitrogens with two attached hydrogens (primary N) is 1. The summed E-state index contributed by atoms with van der Waals surface area (Å²) in [5.74, 6) is 2.42. The van der Waals surface area contributed by atoms with Crippen molar-refractivity contribution in [3.05, 3.63) is 52.5 Å². The number of nitrogens with one attached hydrogen (secondary N) is 1. The molecule has 1 aliphatic heterocycles. The second kappa shape index (κ2) is 9.68. The maximum Gasteiger partial charge on any atom is 0.188 e. The highest BCUT2D eigenvalue weighted by atomic mass is 79.9. The minimum atomic E-state index is 0.469. The number of guanidine groups is 1. The van der Waals surface area contributed by atoms with E-state index in [0.717, 1.165) is 36.1 Å². The number of hydrogen-bond acceptors (Lipinski definition) is 4. The fourth-order valence-electron chi connectivity index (χ4n) is 3.35. The summed E-state index contributed by atoms with van der Waals surface area (Å²) >= 11 is 3.48. The topological polar surface area (TPSA) is 72.1 Å². The van der Waals surface area contributed by atoms with E-state index >= 15 is 0 Å². The van der Waals surface area contributed by atoms with Gasteiger partial charge < -0.3 is 25.4 Å². The van der Waals surface area contributed by atoms with Crippen molar-refractivity contribution in [3.8, 4) is 11.5 Å². The summed E-state index contributed by atoms with van der Waals surface area (Å²) in [5.41, 5.74) is 8.34. The van der Waals surface area contributed by atoms with E-state index in [0.29, 0.717) is 29.9 Å². The first-order chi connectivity index (χ1) is 13.6. The van der Waals surface area contributed by atoms with Gasteiger partial charge in [-0.2, -0.15) is 0 Å². The molecule has 0 aliphatic carbocycles. The van der Waals surface area contributed by atoms with Gasteiger partial charge in [0.2, 0.25) is 0 Å². The Balaban J connectivity index is 1.47. The fourth-order valence-corrected chi connectivity index (χ4v) is 3.61. The van der Waals surface area contributed by atoms with E-state index < -0.39 is 0 Å². The van der Waals surface area contributed by atoms with Crippen molar-refractivity contribution in [2.75, 3.05) is 38.8 Å². The number of nitrogens with zero attached hydrogens (tertiary/aromatic N) is 2. The first-order valence-corrected chi connectivity index (χ1v) is 10.1. The van der Waals surface area contributed by atoms with Crippen LogP contribution in [0.15, 0.2) is 51.9 Å². The van der Waals surface area contributed by atoms with Crippen LogP contribution in [-0.4, -0.2) is 39.8 Å². The maximum absolute atomic E-state index is 6.05. The summed E-state index contributed by atoms with van der Waals surface area (Å²) in [4.78, 5) is 6.85. The van der Waals surface area contributed by atoms with Crippen molar-refractivity contribution in [1.29, 1.82) is 0 Å². The van der Waals surface area contributed by atoms with Crippen LogP contribution >= 0.6 is 15.9 Å². The molecular weight excluding hydrogens is 420 g/mol. The monoisotopic (exact) mass is 446 g/mol.